The van der Waals surface area contributed by atoms with Crippen LogP contribution in [-0.2, 0) is 6.42 Å². The highest BCUT2D eigenvalue weighted by molar-refractivity contribution is 7.99. The number of carbonyl (C=O) groups is 1. The average Bonchev–Trinajstić information content (AvgIpc) is 3.36. The lowest BCUT2D eigenvalue weighted by Gasteiger charge is -2.09. The Hall–Kier alpha value is -3.18. The molecule has 0 fully saturated rings. The van der Waals surface area contributed by atoms with Gasteiger partial charge < -0.3 is 0 Å². The Bertz CT molecular complexity index is 1230. The number of Topliss-reactive ketones (excluding diaryl/α,β-unsaturated/α-hetero) is 1. The van der Waals surface area contributed by atoms with E-state index in [-0.39, 0.29) is 5.78 Å². The molecular weight excluding hydrogens is 378 g/mol. The lowest BCUT2D eigenvalue weighted by Crippen LogP contribution is -2.05. The number of thioether (sulfide) groups is 1. The van der Waals surface area contributed by atoms with E-state index in [2.05, 4.69) is 53.5 Å². The fourth-order valence-electron chi connectivity index (χ4n) is 3.83. The van der Waals surface area contributed by atoms with Crippen molar-refractivity contribution in [3.05, 3.63) is 95.3 Å². The molecule has 1 aliphatic rings. The van der Waals surface area contributed by atoms with Gasteiger partial charge in [-0.3, -0.25) is 9.36 Å². The van der Waals surface area contributed by atoms with Gasteiger partial charge in [-0.2, -0.15) is 0 Å². The number of ketones is 1. The van der Waals surface area contributed by atoms with Crippen LogP contribution in [-0.4, -0.2) is 26.3 Å². The lowest BCUT2D eigenvalue weighted by atomic mass is 10.0. The molecule has 4 nitrogen and oxygen atoms in total. The minimum atomic E-state index is 0.0986. The summed E-state index contributed by atoms with van der Waals surface area (Å²) in [6.45, 7) is 2.05. The lowest BCUT2D eigenvalue weighted by molar-refractivity contribution is 0.102. The molecule has 5 heteroatoms. The summed E-state index contributed by atoms with van der Waals surface area (Å²) in [6.07, 6.45) is 2.63. The number of carbonyl (C=O) groups excluding carboxylic acids is 1. The van der Waals surface area contributed by atoms with Crippen molar-refractivity contribution in [1.82, 2.24) is 14.8 Å². The Labute approximate surface area is 173 Å². The molecule has 1 aromatic heterocycles. The van der Waals surface area contributed by atoms with Crippen LogP contribution in [0.4, 0.5) is 0 Å². The van der Waals surface area contributed by atoms with Crippen molar-refractivity contribution in [2.75, 3.05) is 5.75 Å². The molecule has 0 spiro atoms. The van der Waals surface area contributed by atoms with Crippen LogP contribution in [0.5, 0.6) is 0 Å². The number of hydrogen-bond acceptors (Lipinski definition) is 4. The zero-order valence-corrected chi connectivity index (χ0v) is 16.8. The normalized spacial score (nSPS) is 11.9. The van der Waals surface area contributed by atoms with Gasteiger partial charge in [0.1, 0.15) is 6.33 Å². The zero-order chi connectivity index (χ0) is 19.8. The molecule has 29 heavy (non-hydrogen) atoms. The summed E-state index contributed by atoms with van der Waals surface area (Å²) < 4.78 is 1.94. The maximum Gasteiger partial charge on any atom is 0.196 e. The Balaban J connectivity index is 1.36. The number of rotatable bonds is 5. The summed E-state index contributed by atoms with van der Waals surface area (Å²) in [6, 6.07) is 22.6. The molecule has 0 bridgehead atoms. The number of aryl methyl sites for hydroxylation is 1. The minimum Gasteiger partial charge on any atom is -0.293 e. The van der Waals surface area contributed by atoms with Crippen molar-refractivity contribution < 1.29 is 4.79 Å². The predicted octanol–water partition coefficient (Wildman–Crippen LogP) is 5.12. The summed E-state index contributed by atoms with van der Waals surface area (Å²) in [5, 5.41) is 8.98. The quantitative estimate of drug-likeness (QED) is 0.305. The first-order valence-corrected chi connectivity index (χ1v) is 10.5. The maximum atomic E-state index is 12.9. The van der Waals surface area contributed by atoms with Gasteiger partial charge in [0.05, 0.1) is 11.4 Å². The summed E-state index contributed by atoms with van der Waals surface area (Å²) in [4.78, 5) is 12.9. The zero-order valence-electron chi connectivity index (χ0n) is 16.0. The molecule has 0 N–H and O–H groups in total. The summed E-state index contributed by atoms with van der Waals surface area (Å²) in [7, 11) is 0. The fourth-order valence-corrected chi connectivity index (χ4v) is 4.65. The van der Waals surface area contributed by atoms with Crippen molar-refractivity contribution >= 4 is 17.5 Å². The Morgan fingerprint density at radius 2 is 1.79 bits per heavy atom. The summed E-state index contributed by atoms with van der Waals surface area (Å²) in [5.74, 6) is 0.423. The van der Waals surface area contributed by atoms with E-state index in [1.165, 1.54) is 34.0 Å². The van der Waals surface area contributed by atoms with Crippen LogP contribution in [0, 0.1) is 6.92 Å². The molecule has 0 saturated carbocycles. The van der Waals surface area contributed by atoms with Crippen LogP contribution >= 0.6 is 11.8 Å². The number of benzene rings is 3. The smallest absolute Gasteiger partial charge is 0.196 e. The molecule has 0 aliphatic heterocycles. The van der Waals surface area contributed by atoms with Gasteiger partial charge in [-0.15, -0.1) is 10.2 Å². The van der Waals surface area contributed by atoms with Crippen molar-refractivity contribution in [2.24, 2.45) is 0 Å². The van der Waals surface area contributed by atoms with Gasteiger partial charge in [-0.1, -0.05) is 66.4 Å². The third-order valence-electron chi connectivity index (χ3n) is 5.34. The molecule has 0 saturated heterocycles. The molecule has 0 unspecified atom stereocenters. The Kier molecular flexibility index (Phi) is 4.52. The fraction of sp³-hybridized carbons (Fsp3) is 0.125. The number of para-hydroxylation sites is 1. The van der Waals surface area contributed by atoms with Crippen molar-refractivity contribution in [3.8, 4) is 16.8 Å². The van der Waals surface area contributed by atoms with Crippen LogP contribution in [0.25, 0.3) is 16.8 Å². The predicted molar refractivity (Wildman–Crippen MR) is 116 cm³/mol. The van der Waals surface area contributed by atoms with Gasteiger partial charge in [0.15, 0.2) is 10.9 Å². The van der Waals surface area contributed by atoms with Gasteiger partial charge in [0.2, 0.25) is 0 Å². The third kappa shape index (κ3) is 3.28. The third-order valence-corrected chi connectivity index (χ3v) is 6.29. The van der Waals surface area contributed by atoms with Crippen molar-refractivity contribution in [2.45, 2.75) is 18.5 Å². The minimum absolute atomic E-state index is 0.0986. The molecule has 0 amide bonds. The van der Waals surface area contributed by atoms with Crippen LogP contribution in [0.1, 0.15) is 27.0 Å². The highest BCUT2D eigenvalue weighted by atomic mass is 32.2. The van der Waals surface area contributed by atoms with E-state index in [1.54, 1.807) is 6.33 Å². The van der Waals surface area contributed by atoms with E-state index in [0.717, 1.165) is 28.4 Å². The second-order valence-electron chi connectivity index (χ2n) is 7.19. The number of fused-ring (bicyclic) bond motifs is 3. The molecular formula is C24H19N3OS. The van der Waals surface area contributed by atoms with E-state index in [4.69, 9.17) is 0 Å². The molecule has 1 aliphatic carbocycles. The molecule has 0 atom stereocenters. The van der Waals surface area contributed by atoms with Crippen LogP contribution in [0.3, 0.4) is 0 Å². The maximum absolute atomic E-state index is 12.9. The molecule has 4 aromatic rings. The van der Waals surface area contributed by atoms with Gasteiger partial charge in [0, 0.05) is 5.56 Å². The first-order chi connectivity index (χ1) is 14.2. The van der Waals surface area contributed by atoms with E-state index in [9.17, 15) is 4.79 Å². The van der Waals surface area contributed by atoms with Crippen molar-refractivity contribution in [3.63, 3.8) is 0 Å². The molecule has 3 aromatic carbocycles. The van der Waals surface area contributed by atoms with E-state index in [0.29, 0.717) is 5.75 Å². The van der Waals surface area contributed by atoms with E-state index >= 15 is 0 Å². The number of aromatic nitrogens is 3. The van der Waals surface area contributed by atoms with Crippen LogP contribution < -0.4 is 0 Å². The van der Waals surface area contributed by atoms with Gasteiger partial charge in [-0.25, -0.2) is 0 Å². The molecule has 142 valence electrons. The second kappa shape index (κ2) is 7.33. The van der Waals surface area contributed by atoms with Crippen LogP contribution in [0.15, 0.2) is 78.2 Å². The average molecular weight is 398 g/mol. The first-order valence-electron chi connectivity index (χ1n) is 9.54. The number of hydrogen-bond donors (Lipinski definition) is 0. The first kappa shape index (κ1) is 17.9. The Morgan fingerprint density at radius 1 is 1.00 bits per heavy atom. The molecule has 5 rings (SSSR count). The highest BCUT2D eigenvalue weighted by Crippen LogP contribution is 2.37. The second-order valence-corrected chi connectivity index (χ2v) is 8.13. The van der Waals surface area contributed by atoms with E-state index < -0.39 is 0 Å². The van der Waals surface area contributed by atoms with Gasteiger partial charge in [-0.05, 0) is 53.3 Å². The largest absolute Gasteiger partial charge is 0.293 e. The highest BCUT2D eigenvalue weighted by Gasteiger charge is 2.20. The molecule has 1 heterocycles. The molecule has 0 radical (unpaired) electrons. The van der Waals surface area contributed by atoms with Gasteiger partial charge >= 0.3 is 0 Å². The van der Waals surface area contributed by atoms with Crippen molar-refractivity contribution in [1.29, 1.82) is 0 Å². The topological polar surface area (TPSA) is 47.8 Å². The summed E-state index contributed by atoms with van der Waals surface area (Å²) in [5.41, 5.74) is 7.94. The standard InChI is InChI=1S/C24H19N3OS/c1-16-6-2-5-9-22(16)27-15-25-26-24(27)29-14-23(28)19-11-10-18-12-17-7-3-4-8-20(17)21(18)13-19/h2-11,13,15H,12,14H2,1H3. The SMILES string of the molecule is Cc1ccccc1-n1cnnc1SCC(=O)c1ccc2c(c1)-c1ccccc1C2. The van der Waals surface area contributed by atoms with Crippen LogP contribution in [0.2, 0.25) is 0 Å². The number of nitrogens with zero attached hydrogens (tertiary/aromatic N) is 3. The monoisotopic (exact) mass is 397 g/mol. The van der Waals surface area contributed by atoms with Gasteiger partial charge in [0.25, 0.3) is 0 Å². The Morgan fingerprint density at radius 3 is 2.69 bits per heavy atom. The summed E-state index contributed by atoms with van der Waals surface area (Å²) >= 11 is 1.42. The van der Waals surface area contributed by atoms with E-state index in [1.807, 2.05) is 34.9 Å².